The maximum absolute atomic E-state index is 14.3. The number of hydrogen-bond donors (Lipinski definition) is 0. The van der Waals surface area contributed by atoms with Crippen LogP contribution in [0.25, 0.3) is 0 Å². The van der Waals surface area contributed by atoms with Crippen molar-refractivity contribution in [2.45, 2.75) is 68.2 Å². The van der Waals surface area contributed by atoms with Gasteiger partial charge in [0.15, 0.2) is 0 Å². The first-order valence-corrected chi connectivity index (χ1v) is 18.6. The molecule has 0 amide bonds. The number of phosphoric acid groups is 2. The minimum atomic E-state index is -4.34. The van der Waals surface area contributed by atoms with Crippen LogP contribution in [0.5, 0.6) is 23.0 Å². The minimum absolute atomic E-state index is 0. The molecule has 0 saturated carbocycles. The van der Waals surface area contributed by atoms with Gasteiger partial charge in [-0.05, 0) is 159 Å². The number of hydrogen-bond acceptors (Lipinski definition) is 8. The molecule has 2 aliphatic heterocycles. The molecule has 9 nitrogen and oxygen atoms in total. The number of rotatable bonds is 4. The summed E-state index contributed by atoms with van der Waals surface area (Å²) in [5.41, 5.74) is 11.7. The Hall–Kier alpha value is -3.05. The summed E-state index contributed by atoms with van der Waals surface area (Å²) >= 11 is -1.72. The number of aryl methyl sites for hydroxylation is 8. The van der Waals surface area contributed by atoms with Crippen molar-refractivity contribution in [2.75, 3.05) is 0 Å². The summed E-state index contributed by atoms with van der Waals surface area (Å²) in [6.45, 7) is 15.7. The van der Waals surface area contributed by atoms with Crippen LogP contribution in [-0.4, -0.2) is 21.4 Å². The Morgan fingerprint density at radius 3 is 0.935 bits per heavy atom. The Morgan fingerprint density at radius 2 is 0.696 bits per heavy atom. The van der Waals surface area contributed by atoms with Gasteiger partial charge in [0, 0.05) is 0 Å². The molecule has 0 aliphatic carbocycles. The van der Waals surface area contributed by atoms with Gasteiger partial charge in [0.05, 0.1) is 0 Å². The van der Waals surface area contributed by atoms with Gasteiger partial charge in [-0.1, -0.05) is 24.3 Å². The van der Waals surface area contributed by atoms with Crippen molar-refractivity contribution < 1.29 is 39.9 Å². The molecular formula is C34H38AlO9P2. The molecule has 12 heteroatoms. The summed E-state index contributed by atoms with van der Waals surface area (Å²) in [5, 5.41) is 0. The first-order chi connectivity index (χ1) is 21.2. The molecule has 0 saturated heterocycles. The van der Waals surface area contributed by atoms with Crippen LogP contribution in [-0.2, 0) is 29.1 Å². The van der Waals surface area contributed by atoms with E-state index < -0.39 is 31.5 Å². The lowest BCUT2D eigenvalue weighted by Gasteiger charge is -2.26. The van der Waals surface area contributed by atoms with Gasteiger partial charge in [-0.25, -0.2) is 9.13 Å². The lowest BCUT2D eigenvalue weighted by atomic mass is 9.94. The van der Waals surface area contributed by atoms with Gasteiger partial charge in [0.2, 0.25) is 0 Å². The normalized spacial score (nSPS) is 15.6. The van der Waals surface area contributed by atoms with Gasteiger partial charge >= 0.3 is 31.5 Å². The largest absolute Gasteiger partial charge is 0.689 e. The Kier molecular flexibility index (Phi) is 9.59. The highest BCUT2D eigenvalue weighted by Gasteiger charge is 2.39. The van der Waals surface area contributed by atoms with Gasteiger partial charge in [-0.2, -0.15) is 0 Å². The highest BCUT2D eigenvalue weighted by atomic mass is 31.2. The maximum atomic E-state index is 14.3. The lowest BCUT2D eigenvalue weighted by molar-refractivity contribution is 0.262. The van der Waals surface area contributed by atoms with Gasteiger partial charge in [-0.15, -0.1) is 0 Å². The van der Waals surface area contributed by atoms with E-state index in [0.717, 1.165) is 66.8 Å². The average Bonchev–Trinajstić information content (AvgIpc) is 2.94. The van der Waals surface area contributed by atoms with Crippen LogP contribution in [0, 0.1) is 55.4 Å². The van der Waals surface area contributed by atoms with Crippen molar-refractivity contribution in [3.63, 3.8) is 0 Å². The fourth-order valence-corrected chi connectivity index (χ4v) is 9.65. The number of fused-ring (bicyclic) bond motifs is 8. The molecule has 2 heterocycles. The quantitative estimate of drug-likeness (QED) is 0.155. The van der Waals surface area contributed by atoms with Crippen molar-refractivity contribution >= 4 is 31.5 Å². The van der Waals surface area contributed by atoms with E-state index in [-0.39, 0.29) is 5.48 Å². The van der Waals surface area contributed by atoms with Crippen LogP contribution in [0.15, 0.2) is 48.5 Å². The average molecular weight is 680 g/mol. The molecule has 0 fully saturated rings. The number of phosphoric ester groups is 2. The zero-order chi connectivity index (χ0) is 32.3. The monoisotopic (exact) mass is 679 g/mol. The zero-order valence-corrected chi connectivity index (χ0v) is 30.2. The van der Waals surface area contributed by atoms with Crippen molar-refractivity contribution in [1.82, 2.24) is 0 Å². The standard InChI is InChI=1S/2C17H19O4P.Al.H2O/c2*1-10-5-12(3)16-8-14(10)7-15-9-17(13(4)6-11(15)2)21-22(18,19)20-16;;/h2*5-6,8-9H,7H2,1-4H3,(H,18,19);;1H2/q;;+2;/p-2. The van der Waals surface area contributed by atoms with E-state index in [2.05, 4.69) is 0 Å². The van der Waals surface area contributed by atoms with E-state index in [1.807, 2.05) is 104 Å². The molecule has 4 aromatic rings. The Morgan fingerprint density at radius 1 is 0.457 bits per heavy atom. The number of benzene rings is 4. The van der Waals surface area contributed by atoms with Gasteiger partial charge in [0.25, 0.3) is 0 Å². The third kappa shape index (κ3) is 6.95. The first kappa shape index (κ1) is 34.3. The van der Waals surface area contributed by atoms with E-state index in [1.165, 1.54) is 0 Å². The summed E-state index contributed by atoms with van der Waals surface area (Å²) in [6, 6.07) is 15.4. The minimum Gasteiger partial charge on any atom is -0.412 e. The van der Waals surface area contributed by atoms with Crippen LogP contribution in [0.2, 0.25) is 0 Å². The van der Waals surface area contributed by atoms with E-state index in [4.69, 9.17) is 25.2 Å². The molecule has 0 unspecified atom stereocenters. The highest BCUT2D eigenvalue weighted by Crippen LogP contribution is 2.55. The molecule has 4 aromatic carbocycles. The van der Waals surface area contributed by atoms with Crippen molar-refractivity contribution in [3.05, 3.63) is 115 Å². The molecular weight excluding hydrogens is 641 g/mol. The molecule has 8 bridgehead atoms. The lowest BCUT2D eigenvalue weighted by Crippen LogP contribution is -2.15. The summed E-state index contributed by atoms with van der Waals surface area (Å²) in [6.07, 6.45) is 1.34. The summed E-state index contributed by atoms with van der Waals surface area (Å²) in [4.78, 5) is 0. The molecule has 0 spiro atoms. The van der Waals surface area contributed by atoms with Crippen molar-refractivity contribution in [1.29, 1.82) is 0 Å². The summed E-state index contributed by atoms with van der Waals surface area (Å²) in [7, 11) is -8.68. The van der Waals surface area contributed by atoms with Crippen LogP contribution in [0.4, 0.5) is 0 Å². The van der Waals surface area contributed by atoms with Crippen LogP contribution < -0.4 is 18.1 Å². The smallest absolute Gasteiger partial charge is 0.412 e. The van der Waals surface area contributed by atoms with E-state index in [9.17, 15) is 9.13 Å². The topological polar surface area (TPSA) is 121 Å². The molecule has 6 rings (SSSR count). The van der Waals surface area contributed by atoms with E-state index in [0.29, 0.717) is 35.8 Å². The molecule has 2 aliphatic rings. The predicted molar refractivity (Wildman–Crippen MR) is 179 cm³/mol. The van der Waals surface area contributed by atoms with Gasteiger partial charge in [-0.3, -0.25) is 0 Å². The fourth-order valence-electron chi connectivity index (χ4n) is 5.79. The first-order valence-electron chi connectivity index (χ1n) is 14.8. The molecule has 2 N–H and O–H groups in total. The summed E-state index contributed by atoms with van der Waals surface area (Å²) < 4.78 is 64.2. The van der Waals surface area contributed by atoms with E-state index >= 15 is 0 Å². The second-order valence-electron chi connectivity index (χ2n) is 12.1. The predicted octanol–water partition coefficient (Wildman–Crippen LogP) is 8.54. The second-order valence-corrected chi connectivity index (χ2v) is 16.5. The zero-order valence-electron chi connectivity index (χ0n) is 27.3. The second kappa shape index (κ2) is 12.9. The van der Waals surface area contributed by atoms with Crippen molar-refractivity contribution in [2.24, 2.45) is 0 Å². The molecule has 1 radical (unpaired) electrons. The van der Waals surface area contributed by atoms with Crippen LogP contribution in [0.3, 0.4) is 0 Å². The Balaban J connectivity index is 0.00000417. The highest BCUT2D eigenvalue weighted by molar-refractivity contribution is 7.52. The van der Waals surface area contributed by atoms with Gasteiger partial charge < -0.3 is 30.7 Å². The third-order valence-corrected chi connectivity index (χ3v) is 12.9. The van der Waals surface area contributed by atoms with Crippen LogP contribution >= 0.6 is 15.6 Å². The Bertz CT molecular complexity index is 1690. The molecule has 0 atom stereocenters. The molecule has 0 aromatic heterocycles. The fraction of sp³-hybridized carbons (Fsp3) is 0.294. The summed E-state index contributed by atoms with van der Waals surface area (Å²) in [5.74, 6) is 1.51. The third-order valence-electron chi connectivity index (χ3n) is 8.48. The van der Waals surface area contributed by atoms with Gasteiger partial charge in [0.1, 0.15) is 23.0 Å². The van der Waals surface area contributed by atoms with E-state index in [1.54, 1.807) is 0 Å². The van der Waals surface area contributed by atoms with Crippen molar-refractivity contribution in [3.8, 4) is 23.0 Å². The van der Waals surface area contributed by atoms with Crippen LogP contribution in [0.1, 0.15) is 66.8 Å². The molecule has 46 heavy (non-hydrogen) atoms. The SMILES string of the molecule is Cc1cc(C)c2cc1Cc1cc(c(C)cc1C)OP(=O)([O][Al][O]P1(=O)Oc3cc(c(C)cc3C)Cc3cc(c(C)cc3C)O1)O2.O. The Labute approximate surface area is 277 Å². The maximum Gasteiger partial charge on any atom is 0.689 e. The molecule has 241 valence electrons.